The molecule has 0 saturated carbocycles. The van der Waals surface area contributed by atoms with Crippen LogP contribution in [-0.2, 0) is 11.3 Å². The number of carbonyl (C=O) groups excluding carboxylic acids is 1. The Morgan fingerprint density at radius 3 is 2.21 bits per heavy atom. The SMILES string of the molecule is O=C(CN1CCC(Cn2ccnc2-c2ccccc2)CC1)N1CCN(c2ccccc2)CC1. The van der Waals surface area contributed by atoms with Gasteiger partial charge >= 0.3 is 0 Å². The molecule has 3 heterocycles. The molecular weight excluding hydrogens is 410 g/mol. The summed E-state index contributed by atoms with van der Waals surface area (Å²) in [7, 11) is 0. The van der Waals surface area contributed by atoms with E-state index in [1.165, 1.54) is 5.69 Å². The predicted molar refractivity (Wildman–Crippen MR) is 132 cm³/mol. The van der Waals surface area contributed by atoms with Gasteiger partial charge in [0, 0.05) is 56.4 Å². The third kappa shape index (κ3) is 5.28. The zero-order chi connectivity index (χ0) is 22.5. The van der Waals surface area contributed by atoms with E-state index in [9.17, 15) is 4.79 Å². The molecule has 0 bridgehead atoms. The van der Waals surface area contributed by atoms with Gasteiger partial charge in [0.25, 0.3) is 0 Å². The van der Waals surface area contributed by atoms with Crippen LogP contribution in [0.5, 0.6) is 0 Å². The largest absolute Gasteiger partial charge is 0.368 e. The summed E-state index contributed by atoms with van der Waals surface area (Å²) in [5.74, 6) is 1.95. The van der Waals surface area contributed by atoms with Gasteiger partial charge in [-0.15, -0.1) is 0 Å². The van der Waals surface area contributed by atoms with Crippen molar-refractivity contribution < 1.29 is 4.79 Å². The number of piperidine rings is 1. The van der Waals surface area contributed by atoms with Crippen LogP contribution in [0, 0.1) is 5.92 Å². The van der Waals surface area contributed by atoms with E-state index in [1.807, 2.05) is 23.2 Å². The number of para-hydroxylation sites is 1. The molecule has 0 N–H and O–H groups in total. The van der Waals surface area contributed by atoms with Gasteiger partial charge < -0.3 is 14.4 Å². The monoisotopic (exact) mass is 443 g/mol. The Morgan fingerprint density at radius 1 is 0.848 bits per heavy atom. The Bertz CT molecular complexity index is 1020. The highest BCUT2D eigenvalue weighted by Gasteiger charge is 2.26. The van der Waals surface area contributed by atoms with Gasteiger partial charge in [0.05, 0.1) is 6.54 Å². The fraction of sp³-hybridized carbons (Fsp3) is 0.407. The summed E-state index contributed by atoms with van der Waals surface area (Å²) >= 11 is 0. The summed E-state index contributed by atoms with van der Waals surface area (Å²) in [5, 5.41) is 0. The van der Waals surface area contributed by atoms with Crippen LogP contribution in [-0.4, -0.2) is 71.1 Å². The van der Waals surface area contributed by atoms with Crippen molar-refractivity contribution in [3.05, 3.63) is 73.1 Å². The lowest BCUT2D eigenvalue weighted by Gasteiger charge is -2.38. The van der Waals surface area contributed by atoms with E-state index in [0.29, 0.717) is 12.5 Å². The summed E-state index contributed by atoms with van der Waals surface area (Å²) in [6, 6.07) is 20.9. The molecule has 0 spiro atoms. The number of likely N-dealkylation sites (tertiary alicyclic amines) is 1. The maximum Gasteiger partial charge on any atom is 0.236 e. The van der Waals surface area contributed by atoms with Crippen LogP contribution in [0.4, 0.5) is 5.69 Å². The molecule has 6 nitrogen and oxygen atoms in total. The second-order valence-electron chi connectivity index (χ2n) is 9.19. The number of piperazine rings is 1. The lowest BCUT2D eigenvalue weighted by atomic mass is 9.96. The number of imidazole rings is 1. The summed E-state index contributed by atoms with van der Waals surface area (Å²) in [6.45, 7) is 6.98. The Morgan fingerprint density at radius 2 is 1.52 bits per heavy atom. The van der Waals surface area contributed by atoms with E-state index in [-0.39, 0.29) is 5.91 Å². The molecule has 0 radical (unpaired) electrons. The molecule has 2 aromatic carbocycles. The van der Waals surface area contributed by atoms with Crippen LogP contribution in [0.25, 0.3) is 11.4 Å². The second kappa shape index (κ2) is 10.2. The highest BCUT2D eigenvalue weighted by atomic mass is 16.2. The molecule has 172 valence electrons. The summed E-state index contributed by atoms with van der Waals surface area (Å²) in [4.78, 5) is 24.2. The van der Waals surface area contributed by atoms with E-state index in [2.05, 4.69) is 74.1 Å². The van der Waals surface area contributed by atoms with Crippen molar-refractivity contribution in [1.82, 2.24) is 19.4 Å². The van der Waals surface area contributed by atoms with Crippen molar-refractivity contribution in [2.75, 3.05) is 50.7 Å². The van der Waals surface area contributed by atoms with Crippen LogP contribution >= 0.6 is 0 Å². The van der Waals surface area contributed by atoms with Gasteiger partial charge in [-0.1, -0.05) is 48.5 Å². The van der Waals surface area contributed by atoms with Gasteiger partial charge in [-0.3, -0.25) is 9.69 Å². The maximum absolute atomic E-state index is 12.9. The first-order chi connectivity index (χ1) is 16.3. The fourth-order valence-corrected chi connectivity index (χ4v) is 5.05. The minimum atomic E-state index is 0.280. The Hall–Kier alpha value is -3.12. The lowest BCUT2D eigenvalue weighted by molar-refractivity contribution is -0.133. The zero-order valence-electron chi connectivity index (χ0n) is 19.2. The predicted octanol–water partition coefficient (Wildman–Crippen LogP) is 3.61. The number of hydrogen-bond acceptors (Lipinski definition) is 4. The minimum Gasteiger partial charge on any atom is -0.368 e. The van der Waals surface area contributed by atoms with Crippen molar-refractivity contribution in [3.63, 3.8) is 0 Å². The van der Waals surface area contributed by atoms with Crippen LogP contribution < -0.4 is 4.90 Å². The van der Waals surface area contributed by atoms with E-state index in [0.717, 1.165) is 70.0 Å². The standard InChI is InChI=1S/C27H33N5O/c33-26(31-19-17-30(18-20-31)25-9-5-2-6-10-25)22-29-14-11-23(12-15-29)21-32-16-13-28-27(32)24-7-3-1-4-8-24/h1-10,13,16,23H,11-12,14-15,17-22H2. The van der Waals surface area contributed by atoms with Gasteiger partial charge in [0.1, 0.15) is 5.82 Å². The molecule has 3 aromatic rings. The number of nitrogens with zero attached hydrogens (tertiary/aromatic N) is 5. The molecule has 0 atom stereocenters. The Kier molecular flexibility index (Phi) is 6.72. The molecule has 2 saturated heterocycles. The van der Waals surface area contributed by atoms with E-state index in [4.69, 9.17) is 0 Å². The molecule has 2 fully saturated rings. The van der Waals surface area contributed by atoms with E-state index in [1.54, 1.807) is 0 Å². The molecule has 0 aliphatic carbocycles. The highest BCUT2D eigenvalue weighted by Crippen LogP contribution is 2.23. The summed E-state index contributed by atoms with van der Waals surface area (Å²) in [6.07, 6.45) is 6.24. The quantitative estimate of drug-likeness (QED) is 0.584. The number of hydrogen-bond donors (Lipinski definition) is 0. The van der Waals surface area contributed by atoms with Crippen LogP contribution in [0.1, 0.15) is 12.8 Å². The molecule has 2 aliphatic heterocycles. The molecule has 33 heavy (non-hydrogen) atoms. The van der Waals surface area contributed by atoms with Crippen LogP contribution in [0.15, 0.2) is 73.1 Å². The second-order valence-corrected chi connectivity index (χ2v) is 9.19. The highest BCUT2D eigenvalue weighted by molar-refractivity contribution is 5.78. The lowest BCUT2D eigenvalue weighted by Crippen LogP contribution is -2.52. The molecule has 6 heteroatoms. The Balaban J connectivity index is 1.07. The summed E-state index contributed by atoms with van der Waals surface area (Å²) in [5.41, 5.74) is 2.41. The van der Waals surface area contributed by atoms with Crippen molar-refractivity contribution >= 4 is 11.6 Å². The smallest absolute Gasteiger partial charge is 0.236 e. The van der Waals surface area contributed by atoms with Gasteiger partial charge in [-0.05, 0) is 44.0 Å². The van der Waals surface area contributed by atoms with Gasteiger partial charge in [-0.25, -0.2) is 4.98 Å². The van der Waals surface area contributed by atoms with Crippen molar-refractivity contribution in [1.29, 1.82) is 0 Å². The molecular formula is C27H33N5O. The fourth-order valence-electron chi connectivity index (χ4n) is 5.05. The number of amides is 1. The van der Waals surface area contributed by atoms with Crippen molar-refractivity contribution in [2.24, 2.45) is 5.92 Å². The number of rotatable bonds is 6. The first kappa shape index (κ1) is 21.7. The van der Waals surface area contributed by atoms with Crippen LogP contribution in [0.2, 0.25) is 0 Å². The Labute approximate surface area is 196 Å². The van der Waals surface area contributed by atoms with Crippen molar-refractivity contribution in [2.45, 2.75) is 19.4 Å². The molecule has 1 amide bonds. The van der Waals surface area contributed by atoms with Gasteiger partial charge in [0.15, 0.2) is 0 Å². The summed E-state index contributed by atoms with van der Waals surface area (Å²) < 4.78 is 2.28. The number of aromatic nitrogens is 2. The maximum atomic E-state index is 12.9. The third-order valence-electron chi connectivity index (χ3n) is 7.02. The molecule has 0 unspecified atom stereocenters. The molecule has 5 rings (SSSR count). The van der Waals surface area contributed by atoms with E-state index >= 15 is 0 Å². The zero-order valence-corrected chi connectivity index (χ0v) is 19.2. The normalized spacial score (nSPS) is 17.9. The number of anilines is 1. The first-order valence-corrected chi connectivity index (χ1v) is 12.1. The average molecular weight is 444 g/mol. The van der Waals surface area contributed by atoms with Gasteiger partial charge in [-0.2, -0.15) is 0 Å². The van der Waals surface area contributed by atoms with Crippen molar-refractivity contribution in [3.8, 4) is 11.4 Å². The molecule has 1 aromatic heterocycles. The molecule has 2 aliphatic rings. The number of carbonyl (C=O) groups is 1. The van der Waals surface area contributed by atoms with Crippen LogP contribution in [0.3, 0.4) is 0 Å². The first-order valence-electron chi connectivity index (χ1n) is 12.1. The average Bonchev–Trinajstić information content (AvgIpc) is 3.34. The van der Waals surface area contributed by atoms with Gasteiger partial charge in [0.2, 0.25) is 5.91 Å². The number of benzene rings is 2. The minimum absolute atomic E-state index is 0.280. The topological polar surface area (TPSA) is 44.6 Å². The third-order valence-corrected chi connectivity index (χ3v) is 7.02. The van der Waals surface area contributed by atoms with E-state index < -0.39 is 0 Å².